The minimum absolute atomic E-state index is 0.0474. The van der Waals surface area contributed by atoms with Crippen LogP contribution in [-0.4, -0.2) is 53.8 Å². The Hall–Kier alpha value is -4.61. The molecule has 0 saturated heterocycles. The van der Waals surface area contributed by atoms with Gasteiger partial charge in [0.25, 0.3) is 11.5 Å². The van der Waals surface area contributed by atoms with E-state index in [1.807, 2.05) is 13.8 Å². The summed E-state index contributed by atoms with van der Waals surface area (Å²) in [6.45, 7) is 6.54. The molecule has 228 valence electrons. The van der Waals surface area contributed by atoms with Crippen LogP contribution in [0, 0.1) is 0 Å². The molecule has 0 spiro atoms. The SMILES string of the molecule is CCN(CC)C(=O)C1=C(C)N=c2s/c(=C/c3ccc(-c4ccc(Cl)c(C(=O)O)c4)o3)c(=O)n2[C@@H]1c1cc(OC)ccc1OC. The van der Waals surface area contributed by atoms with Crippen molar-refractivity contribution in [3.63, 3.8) is 0 Å². The summed E-state index contributed by atoms with van der Waals surface area (Å²) in [7, 11) is 3.08. The van der Waals surface area contributed by atoms with Crippen molar-refractivity contribution in [1.29, 1.82) is 0 Å². The van der Waals surface area contributed by atoms with Crippen LogP contribution in [0.3, 0.4) is 0 Å². The number of rotatable bonds is 9. The van der Waals surface area contributed by atoms with Gasteiger partial charge in [-0.15, -0.1) is 0 Å². The van der Waals surface area contributed by atoms with E-state index in [9.17, 15) is 19.5 Å². The number of aromatic carboxylic acids is 1. The Morgan fingerprint density at radius 3 is 2.52 bits per heavy atom. The molecule has 0 unspecified atom stereocenters. The minimum atomic E-state index is -1.15. The number of hydrogen-bond donors (Lipinski definition) is 1. The maximum atomic E-state index is 14.1. The predicted octanol–water partition coefficient (Wildman–Crippen LogP) is 4.73. The molecule has 2 aromatic carbocycles. The number of allylic oxidation sites excluding steroid dienone is 1. The van der Waals surface area contributed by atoms with Crippen molar-refractivity contribution in [2.45, 2.75) is 26.8 Å². The molecule has 44 heavy (non-hydrogen) atoms. The first-order valence-corrected chi connectivity index (χ1v) is 15.0. The molecule has 0 saturated carbocycles. The fourth-order valence-corrected chi connectivity index (χ4v) is 6.41. The number of ether oxygens (including phenoxy) is 2. The molecule has 1 amide bonds. The van der Waals surface area contributed by atoms with Gasteiger partial charge < -0.3 is 23.9 Å². The van der Waals surface area contributed by atoms with Crippen molar-refractivity contribution in [3.05, 3.63) is 101 Å². The third-order valence-corrected chi connectivity index (χ3v) is 8.73. The van der Waals surface area contributed by atoms with E-state index >= 15 is 0 Å². The van der Waals surface area contributed by atoms with Gasteiger partial charge in [-0.25, -0.2) is 9.79 Å². The normalized spacial score (nSPS) is 14.7. The zero-order valence-corrected chi connectivity index (χ0v) is 26.3. The van der Waals surface area contributed by atoms with Crippen molar-refractivity contribution in [3.8, 4) is 22.8 Å². The van der Waals surface area contributed by atoms with E-state index in [0.29, 0.717) is 67.8 Å². The molecule has 0 aliphatic carbocycles. The molecule has 0 bridgehead atoms. The zero-order valence-electron chi connectivity index (χ0n) is 24.7. The number of hydrogen-bond acceptors (Lipinski definition) is 8. The summed E-state index contributed by atoms with van der Waals surface area (Å²) in [4.78, 5) is 46.4. The Morgan fingerprint density at radius 1 is 1.11 bits per heavy atom. The molecule has 2 aromatic heterocycles. The van der Waals surface area contributed by atoms with Gasteiger partial charge in [-0.05, 0) is 69.3 Å². The Labute approximate surface area is 261 Å². The number of carbonyl (C=O) groups excluding carboxylic acids is 1. The highest BCUT2D eigenvalue weighted by Gasteiger charge is 2.36. The second-order valence-corrected chi connectivity index (χ2v) is 11.3. The smallest absolute Gasteiger partial charge is 0.337 e. The first-order valence-electron chi connectivity index (χ1n) is 13.8. The van der Waals surface area contributed by atoms with Gasteiger partial charge in [0, 0.05) is 30.3 Å². The molecule has 0 radical (unpaired) electrons. The number of amides is 1. The summed E-state index contributed by atoms with van der Waals surface area (Å²) in [5, 5.41) is 9.55. The van der Waals surface area contributed by atoms with Crippen LogP contribution in [0.5, 0.6) is 11.5 Å². The third-order valence-electron chi connectivity index (χ3n) is 7.42. The molecule has 1 aliphatic rings. The number of halogens is 1. The average Bonchev–Trinajstić information content (AvgIpc) is 3.60. The van der Waals surface area contributed by atoms with E-state index in [4.69, 9.17) is 30.5 Å². The van der Waals surface area contributed by atoms with Gasteiger partial charge in [0.15, 0.2) is 4.80 Å². The number of methoxy groups -OCH3 is 2. The number of thiazole rings is 1. The Balaban J connectivity index is 1.68. The van der Waals surface area contributed by atoms with Gasteiger partial charge >= 0.3 is 5.97 Å². The van der Waals surface area contributed by atoms with Gasteiger partial charge in [-0.3, -0.25) is 14.2 Å². The van der Waals surface area contributed by atoms with E-state index in [2.05, 4.69) is 0 Å². The maximum Gasteiger partial charge on any atom is 0.337 e. The molecule has 5 rings (SSSR count). The van der Waals surface area contributed by atoms with E-state index in [1.165, 1.54) is 35.1 Å². The summed E-state index contributed by atoms with van der Waals surface area (Å²) in [6, 6.07) is 12.4. The highest BCUT2D eigenvalue weighted by molar-refractivity contribution is 7.07. The lowest BCUT2D eigenvalue weighted by molar-refractivity contribution is -0.127. The maximum absolute atomic E-state index is 14.1. The summed E-state index contributed by atoms with van der Waals surface area (Å²) in [6.07, 6.45) is 1.60. The van der Waals surface area contributed by atoms with Crippen molar-refractivity contribution in [2.75, 3.05) is 27.3 Å². The largest absolute Gasteiger partial charge is 0.497 e. The van der Waals surface area contributed by atoms with Gasteiger partial charge in [0.05, 0.1) is 40.6 Å². The second-order valence-electron chi connectivity index (χ2n) is 9.87. The standard InChI is InChI=1S/C32H30ClN3O7S/c1-6-35(7-2)30(38)27-17(3)34-32-36(28(27)22-15-19(41-4)9-13-25(22)42-5)29(37)26(44-32)16-20-10-12-24(43-20)18-8-11-23(33)21(14-18)31(39)40/h8-16,28H,6-7H2,1-5H3,(H,39,40)/b26-16+/t28-/m1/s1. The van der Waals surface area contributed by atoms with E-state index < -0.39 is 12.0 Å². The molecule has 1 aliphatic heterocycles. The average molecular weight is 636 g/mol. The summed E-state index contributed by atoms with van der Waals surface area (Å²) < 4.78 is 19.0. The van der Waals surface area contributed by atoms with E-state index in [1.54, 1.807) is 61.4 Å². The van der Waals surface area contributed by atoms with Gasteiger partial charge in [0.2, 0.25) is 0 Å². The first kappa shape index (κ1) is 30.8. The Kier molecular flexibility index (Phi) is 8.80. The summed E-state index contributed by atoms with van der Waals surface area (Å²) in [5.74, 6) is 0.446. The number of nitrogens with zero attached hydrogens (tertiary/aromatic N) is 3. The molecule has 1 atom stereocenters. The molecular formula is C32H30ClN3O7S. The van der Waals surface area contributed by atoms with Crippen molar-refractivity contribution in [2.24, 2.45) is 4.99 Å². The number of carbonyl (C=O) groups is 2. The van der Waals surface area contributed by atoms with E-state index in [0.717, 1.165) is 0 Å². The molecule has 1 N–H and O–H groups in total. The summed E-state index contributed by atoms with van der Waals surface area (Å²) >= 11 is 7.19. The lowest BCUT2D eigenvalue weighted by Crippen LogP contribution is -2.43. The monoisotopic (exact) mass is 635 g/mol. The highest BCUT2D eigenvalue weighted by Crippen LogP contribution is 2.38. The lowest BCUT2D eigenvalue weighted by Gasteiger charge is -2.30. The van der Waals surface area contributed by atoms with Crippen LogP contribution < -0.4 is 24.4 Å². The number of likely N-dealkylation sites (N-methyl/N-ethyl adjacent to an activating group) is 1. The second kappa shape index (κ2) is 12.6. The van der Waals surface area contributed by atoms with Crippen molar-refractivity contribution >= 4 is 40.9 Å². The summed E-state index contributed by atoms with van der Waals surface area (Å²) in [5.41, 5.74) is 1.57. The topological polar surface area (TPSA) is 124 Å². The number of furan rings is 1. The van der Waals surface area contributed by atoms with Gasteiger partial charge in [0.1, 0.15) is 29.1 Å². The molecule has 3 heterocycles. The number of carboxylic acid groups (broad SMARTS) is 1. The number of carboxylic acids is 1. The number of benzene rings is 2. The van der Waals surface area contributed by atoms with Crippen molar-refractivity contribution in [1.82, 2.24) is 9.47 Å². The van der Waals surface area contributed by atoms with Gasteiger partial charge in [-0.1, -0.05) is 22.9 Å². The van der Waals surface area contributed by atoms with Crippen LogP contribution in [0.2, 0.25) is 5.02 Å². The molecular weight excluding hydrogens is 606 g/mol. The van der Waals surface area contributed by atoms with Crippen molar-refractivity contribution < 1.29 is 28.6 Å². The van der Waals surface area contributed by atoms with Crippen LogP contribution in [0.25, 0.3) is 17.4 Å². The molecule has 4 aromatic rings. The lowest BCUT2D eigenvalue weighted by atomic mass is 9.93. The van der Waals surface area contributed by atoms with Crippen LogP contribution in [-0.2, 0) is 4.79 Å². The van der Waals surface area contributed by atoms with E-state index in [-0.39, 0.29) is 22.1 Å². The number of aromatic nitrogens is 1. The predicted molar refractivity (Wildman–Crippen MR) is 167 cm³/mol. The fourth-order valence-electron chi connectivity index (χ4n) is 5.18. The first-order chi connectivity index (χ1) is 21.1. The van der Waals surface area contributed by atoms with Gasteiger partial charge in [-0.2, -0.15) is 0 Å². The molecule has 12 heteroatoms. The van der Waals surface area contributed by atoms with Crippen LogP contribution in [0.1, 0.15) is 48.5 Å². The zero-order chi connectivity index (χ0) is 31.7. The highest BCUT2D eigenvalue weighted by atomic mass is 35.5. The quantitative estimate of drug-likeness (QED) is 0.282. The Morgan fingerprint density at radius 2 is 1.86 bits per heavy atom. The number of fused-ring (bicyclic) bond motifs is 1. The van der Waals surface area contributed by atoms with Crippen LogP contribution in [0.15, 0.2) is 74.0 Å². The molecule has 0 fully saturated rings. The van der Waals surface area contributed by atoms with Crippen LogP contribution >= 0.6 is 22.9 Å². The van der Waals surface area contributed by atoms with Crippen LogP contribution in [0.4, 0.5) is 0 Å². The minimum Gasteiger partial charge on any atom is -0.497 e. The fraction of sp³-hybridized carbons (Fsp3) is 0.250. The Bertz CT molecular complexity index is 1980. The third kappa shape index (κ3) is 5.56. The molecule has 10 nitrogen and oxygen atoms in total.